The zero-order valence-corrected chi connectivity index (χ0v) is 19.9. The van der Waals surface area contributed by atoms with E-state index in [1.165, 1.54) is 5.56 Å². The molecule has 0 radical (unpaired) electrons. The number of unbranched alkanes of at least 4 members (excludes halogenated alkanes) is 1. The average molecular weight is 464 g/mol. The van der Waals surface area contributed by atoms with E-state index in [1.54, 1.807) is 17.8 Å². The first-order valence-corrected chi connectivity index (χ1v) is 11.7. The highest BCUT2D eigenvalue weighted by atomic mass is 35.5. The minimum atomic E-state index is 0.273. The molecule has 0 aliphatic carbocycles. The van der Waals surface area contributed by atoms with E-state index in [4.69, 9.17) is 32.9 Å². The van der Waals surface area contributed by atoms with E-state index in [9.17, 15) is 0 Å². The molecule has 0 spiro atoms. The number of aromatic nitrogens is 3. The number of ether oxygens (including phenoxy) is 1. The Bertz CT molecular complexity index is 940. The summed E-state index contributed by atoms with van der Waals surface area (Å²) in [6.07, 6.45) is 5.79. The highest BCUT2D eigenvalue weighted by Gasteiger charge is 2.21. The van der Waals surface area contributed by atoms with Crippen molar-refractivity contribution in [2.24, 2.45) is 0 Å². The lowest BCUT2D eigenvalue weighted by Gasteiger charge is -2.14. The summed E-state index contributed by atoms with van der Waals surface area (Å²) in [5.41, 5.74) is 2.22. The molecule has 1 aromatic carbocycles. The molecule has 0 saturated heterocycles. The molecule has 3 aromatic rings. The molecule has 0 aliphatic heterocycles. The van der Waals surface area contributed by atoms with Gasteiger partial charge in [0, 0.05) is 33.9 Å². The molecule has 2 heterocycles. The van der Waals surface area contributed by atoms with E-state index in [0.29, 0.717) is 23.2 Å². The highest BCUT2D eigenvalue weighted by molar-refractivity contribution is 7.99. The first kappa shape index (κ1) is 23.1. The number of halogens is 2. The number of hydrogen-bond acceptors (Lipinski definition) is 4. The largest absolute Gasteiger partial charge is 0.374 e. The number of pyridine rings is 1. The number of imidazole rings is 1. The van der Waals surface area contributed by atoms with E-state index >= 15 is 0 Å². The third-order valence-electron chi connectivity index (χ3n) is 4.59. The quantitative estimate of drug-likeness (QED) is 0.297. The zero-order chi connectivity index (χ0) is 21.5. The van der Waals surface area contributed by atoms with E-state index in [-0.39, 0.29) is 5.92 Å². The maximum absolute atomic E-state index is 6.24. The van der Waals surface area contributed by atoms with Crippen LogP contribution < -0.4 is 0 Å². The SMILES string of the molecule is CCCCOCc1nc(C(C)C)c(Sc2cc(Cl)cc(Cl)c2)n1Cc1ccncc1. The minimum Gasteiger partial charge on any atom is -0.374 e. The smallest absolute Gasteiger partial charge is 0.136 e. The summed E-state index contributed by atoms with van der Waals surface area (Å²) in [4.78, 5) is 10.1. The molecule has 160 valence electrons. The molecule has 0 aliphatic rings. The van der Waals surface area contributed by atoms with Gasteiger partial charge in [0.05, 0.1) is 12.2 Å². The number of benzene rings is 1. The van der Waals surface area contributed by atoms with Gasteiger partial charge in [-0.3, -0.25) is 4.98 Å². The van der Waals surface area contributed by atoms with Gasteiger partial charge in [0.2, 0.25) is 0 Å². The van der Waals surface area contributed by atoms with Crippen LogP contribution in [0.1, 0.15) is 56.6 Å². The van der Waals surface area contributed by atoms with Crippen LogP contribution in [0, 0.1) is 0 Å². The Morgan fingerprint density at radius 1 is 1.10 bits per heavy atom. The van der Waals surface area contributed by atoms with Crippen LogP contribution in [0.4, 0.5) is 0 Å². The molecule has 7 heteroatoms. The van der Waals surface area contributed by atoms with E-state index in [0.717, 1.165) is 40.9 Å². The van der Waals surface area contributed by atoms with Crippen LogP contribution in [0.15, 0.2) is 52.6 Å². The first-order chi connectivity index (χ1) is 14.5. The van der Waals surface area contributed by atoms with Crippen molar-refractivity contribution in [3.8, 4) is 0 Å². The Morgan fingerprint density at radius 2 is 1.80 bits per heavy atom. The molecule has 0 saturated carbocycles. The van der Waals surface area contributed by atoms with Gasteiger partial charge in [0.25, 0.3) is 0 Å². The third kappa shape index (κ3) is 6.24. The summed E-state index contributed by atoms with van der Waals surface area (Å²) in [5.74, 6) is 1.21. The van der Waals surface area contributed by atoms with Crippen molar-refractivity contribution in [2.75, 3.05) is 6.61 Å². The molecule has 0 unspecified atom stereocenters. The van der Waals surface area contributed by atoms with Crippen molar-refractivity contribution in [1.82, 2.24) is 14.5 Å². The molecule has 0 bridgehead atoms. The minimum absolute atomic E-state index is 0.273. The molecular formula is C23H27Cl2N3OS. The highest BCUT2D eigenvalue weighted by Crippen LogP contribution is 2.37. The van der Waals surface area contributed by atoms with Crippen molar-refractivity contribution in [3.05, 3.63) is 69.9 Å². The molecule has 0 N–H and O–H groups in total. The van der Waals surface area contributed by atoms with Gasteiger partial charge in [0.15, 0.2) is 0 Å². The van der Waals surface area contributed by atoms with Gasteiger partial charge in [0.1, 0.15) is 17.5 Å². The summed E-state index contributed by atoms with van der Waals surface area (Å²) in [5, 5.41) is 2.34. The fraction of sp³-hybridized carbons (Fsp3) is 0.391. The van der Waals surface area contributed by atoms with Gasteiger partial charge in [-0.2, -0.15) is 0 Å². The molecule has 30 heavy (non-hydrogen) atoms. The van der Waals surface area contributed by atoms with Gasteiger partial charge in [-0.25, -0.2) is 4.98 Å². The zero-order valence-electron chi connectivity index (χ0n) is 17.6. The predicted molar refractivity (Wildman–Crippen MR) is 125 cm³/mol. The second-order valence-electron chi connectivity index (χ2n) is 7.43. The van der Waals surface area contributed by atoms with Crippen molar-refractivity contribution in [2.45, 2.75) is 62.6 Å². The van der Waals surface area contributed by atoms with Gasteiger partial charge in [-0.15, -0.1) is 0 Å². The lowest BCUT2D eigenvalue weighted by atomic mass is 10.1. The molecule has 0 atom stereocenters. The lowest BCUT2D eigenvalue weighted by molar-refractivity contribution is 0.110. The van der Waals surface area contributed by atoms with Crippen LogP contribution in [-0.2, 0) is 17.9 Å². The third-order valence-corrected chi connectivity index (χ3v) is 6.12. The summed E-state index contributed by atoms with van der Waals surface area (Å²) in [6.45, 7) is 8.41. The monoisotopic (exact) mass is 463 g/mol. The first-order valence-electron chi connectivity index (χ1n) is 10.2. The summed E-state index contributed by atoms with van der Waals surface area (Å²) in [7, 11) is 0. The fourth-order valence-corrected chi connectivity index (χ4v) is 4.96. The van der Waals surface area contributed by atoms with Crippen molar-refractivity contribution < 1.29 is 4.74 Å². The standard InChI is InChI=1S/C23H27Cl2N3OS/c1-4-5-10-29-15-21-27-22(16(2)3)23(28(21)14-17-6-8-26-9-7-17)30-20-12-18(24)11-19(25)13-20/h6-9,11-13,16H,4-5,10,14-15H2,1-3H3. The van der Waals surface area contributed by atoms with Gasteiger partial charge in [-0.1, -0.05) is 62.2 Å². The Balaban J connectivity index is 2.00. The average Bonchev–Trinajstić information content (AvgIpc) is 3.03. The maximum Gasteiger partial charge on any atom is 0.136 e. The van der Waals surface area contributed by atoms with Gasteiger partial charge < -0.3 is 9.30 Å². The molecule has 4 nitrogen and oxygen atoms in total. The molecule has 3 rings (SSSR count). The second-order valence-corrected chi connectivity index (χ2v) is 9.36. The molecule has 0 amide bonds. The summed E-state index contributed by atoms with van der Waals surface area (Å²) < 4.78 is 8.17. The van der Waals surface area contributed by atoms with Crippen LogP contribution >= 0.6 is 35.0 Å². The number of rotatable bonds is 10. The topological polar surface area (TPSA) is 39.9 Å². The van der Waals surface area contributed by atoms with Crippen molar-refractivity contribution in [3.63, 3.8) is 0 Å². The lowest BCUT2D eigenvalue weighted by Crippen LogP contribution is -2.09. The van der Waals surface area contributed by atoms with Crippen LogP contribution in [0.3, 0.4) is 0 Å². The molecular weight excluding hydrogens is 437 g/mol. The van der Waals surface area contributed by atoms with Crippen LogP contribution in [0.25, 0.3) is 0 Å². The maximum atomic E-state index is 6.24. The Morgan fingerprint density at radius 3 is 2.43 bits per heavy atom. The fourth-order valence-electron chi connectivity index (χ4n) is 3.04. The van der Waals surface area contributed by atoms with Crippen LogP contribution in [0.2, 0.25) is 10.0 Å². The Hall–Kier alpha value is -1.53. The summed E-state index contributed by atoms with van der Waals surface area (Å²) in [6, 6.07) is 9.67. The van der Waals surface area contributed by atoms with Gasteiger partial charge >= 0.3 is 0 Å². The van der Waals surface area contributed by atoms with E-state index in [2.05, 4.69) is 30.3 Å². The van der Waals surface area contributed by atoms with Gasteiger partial charge in [-0.05, 0) is 48.2 Å². The Kier molecular flexibility index (Phi) is 8.63. The second kappa shape index (κ2) is 11.2. The molecule has 2 aromatic heterocycles. The normalized spacial score (nSPS) is 11.4. The van der Waals surface area contributed by atoms with Crippen LogP contribution in [0.5, 0.6) is 0 Å². The van der Waals surface area contributed by atoms with Crippen molar-refractivity contribution in [1.29, 1.82) is 0 Å². The number of hydrogen-bond donors (Lipinski definition) is 0. The Labute approximate surface area is 193 Å². The van der Waals surface area contributed by atoms with Crippen LogP contribution in [-0.4, -0.2) is 21.1 Å². The summed E-state index contributed by atoms with van der Waals surface area (Å²) >= 11 is 14.1. The van der Waals surface area contributed by atoms with E-state index in [1.807, 2.05) is 36.7 Å². The number of nitrogens with zero attached hydrogens (tertiary/aromatic N) is 3. The van der Waals surface area contributed by atoms with E-state index < -0.39 is 0 Å². The van der Waals surface area contributed by atoms with Crippen molar-refractivity contribution >= 4 is 35.0 Å². The molecule has 0 fully saturated rings. The predicted octanol–water partition coefficient (Wildman–Crippen LogP) is 7.22.